The van der Waals surface area contributed by atoms with E-state index in [1.54, 1.807) is 0 Å². The Labute approximate surface area is 174 Å². The van der Waals surface area contributed by atoms with E-state index in [1.165, 1.54) is 10.5 Å². The van der Waals surface area contributed by atoms with Crippen molar-refractivity contribution in [2.45, 2.75) is 60.0 Å². The topological polar surface area (TPSA) is 49.9 Å². The van der Waals surface area contributed by atoms with Crippen molar-refractivity contribution in [2.24, 2.45) is 5.92 Å². The molecule has 158 valence electrons. The lowest BCUT2D eigenvalue weighted by Crippen LogP contribution is -2.39. The van der Waals surface area contributed by atoms with Gasteiger partial charge < -0.3 is 9.64 Å². The minimum Gasteiger partial charge on any atom is -0.379 e. The minimum atomic E-state index is -0.170. The lowest BCUT2D eigenvalue weighted by atomic mass is 9.96. The molecule has 29 heavy (non-hydrogen) atoms. The molecule has 0 atom stereocenters. The third-order valence-electron chi connectivity index (χ3n) is 6.02. The molecule has 0 unspecified atom stereocenters. The zero-order valence-electron chi connectivity index (χ0n) is 18.5. The van der Waals surface area contributed by atoms with Crippen molar-refractivity contribution in [1.82, 2.24) is 9.80 Å². The molecular formula is C24H34N2O3. The second-order valence-corrected chi connectivity index (χ2v) is 8.73. The van der Waals surface area contributed by atoms with Crippen LogP contribution in [0, 0.1) is 19.8 Å². The molecule has 0 saturated carbocycles. The van der Waals surface area contributed by atoms with Crippen LogP contribution in [0.15, 0.2) is 23.9 Å². The fourth-order valence-corrected chi connectivity index (χ4v) is 3.99. The van der Waals surface area contributed by atoms with Crippen LogP contribution >= 0.6 is 0 Å². The predicted molar refractivity (Wildman–Crippen MR) is 115 cm³/mol. The average molecular weight is 399 g/mol. The Hall–Kier alpha value is -2.14. The van der Waals surface area contributed by atoms with Gasteiger partial charge in [-0.3, -0.25) is 14.5 Å². The normalized spacial score (nSPS) is 18.6. The first-order valence-electron chi connectivity index (χ1n) is 10.8. The van der Waals surface area contributed by atoms with Crippen LogP contribution in [0.25, 0.3) is 5.57 Å². The van der Waals surface area contributed by atoms with E-state index in [0.29, 0.717) is 36.8 Å². The molecule has 2 aliphatic rings. The molecule has 0 aromatic heterocycles. The van der Waals surface area contributed by atoms with Crippen molar-refractivity contribution in [3.05, 3.63) is 40.6 Å². The van der Waals surface area contributed by atoms with Gasteiger partial charge in [-0.05, 0) is 69.6 Å². The number of carbonyl (C=O) groups excluding carboxylic acids is 2. The van der Waals surface area contributed by atoms with E-state index in [0.717, 1.165) is 37.1 Å². The van der Waals surface area contributed by atoms with E-state index >= 15 is 0 Å². The van der Waals surface area contributed by atoms with Crippen molar-refractivity contribution in [3.8, 4) is 0 Å². The molecule has 0 aliphatic carbocycles. The number of nitrogens with zero attached hydrogens (tertiary/aromatic N) is 2. The van der Waals surface area contributed by atoms with E-state index < -0.39 is 0 Å². The van der Waals surface area contributed by atoms with E-state index in [4.69, 9.17) is 4.74 Å². The molecule has 3 rings (SSSR count). The van der Waals surface area contributed by atoms with E-state index in [9.17, 15) is 9.59 Å². The highest BCUT2D eigenvalue weighted by Crippen LogP contribution is 2.34. The number of ether oxygens (including phenoxy) is 1. The second-order valence-electron chi connectivity index (χ2n) is 8.73. The number of piperidine rings is 1. The van der Waals surface area contributed by atoms with E-state index in [1.807, 2.05) is 39.0 Å². The van der Waals surface area contributed by atoms with Gasteiger partial charge in [0.2, 0.25) is 0 Å². The predicted octanol–water partition coefficient (Wildman–Crippen LogP) is 3.93. The lowest BCUT2D eigenvalue weighted by Gasteiger charge is -2.32. The Morgan fingerprint density at radius 2 is 1.76 bits per heavy atom. The number of aryl methyl sites for hydroxylation is 2. The van der Waals surface area contributed by atoms with Gasteiger partial charge in [0.05, 0.1) is 11.7 Å². The first-order valence-corrected chi connectivity index (χ1v) is 10.8. The van der Waals surface area contributed by atoms with Crippen LogP contribution in [0.5, 0.6) is 0 Å². The van der Waals surface area contributed by atoms with Gasteiger partial charge in [0, 0.05) is 26.2 Å². The maximum atomic E-state index is 13.3. The fourth-order valence-electron chi connectivity index (χ4n) is 3.99. The molecule has 0 radical (unpaired) electrons. The number of likely N-dealkylation sites (tertiary alicyclic amines) is 1. The zero-order valence-corrected chi connectivity index (χ0v) is 18.5. The summed E-state index contributed by atoms with van der Waals surface area (Å²) in [6, 6.07) is 6.04. The highest BCUT2D eigenvalue weighted by atomic mass is 16.5. The van der Waals surface area contributed by atoms with Crippen LogP contribution in [0.1, 0.15) is 56.7 Å². The molecule has 0 N–H and O–H groups in total. The van der Waals surface area contributed by atoms with Gasteiger partial charge in [-0.1, -0.05) is 25.1 Å². The Morgan fingerprint density at radius 1 is 1.07 bits per heavy atom. The smallest absolute Gasteiger partial charge is 0.277 e. The summed E-state index contributed by atoms with van der Waals surface area (Å²) in [4.78, 5) is 30.2. The summed E-state index contributed by atoms with van der Waals surface area (Å²) in [5, 5.41) is 0. The highest BCUT2D eigenvalue weighted by Gasteiger charge is 2.41. The molecule has 1 fully saturated rings. The summed E-state index contributed by atoms with van der Waals surface area (Å²) >= 11 is 0. The van der Waals surface area contributed by atoms with E-state index in [-0.39, 0.29) is 17.9 Å². The standard InChI is InChI=1S/C24H34N2O3/c1-16(2)29-14-6-11-26-23(27)21(20-8-7-18(4)19(5)15-20)22(24(26)28)25-12-9-17(3)10-13-25/h7-8,15-17H,6,9-14H2,1-5H3. The summed E-state index contributed by atoms with van der Waals surface area (Å²) < 4.78 is 5.59. The monoisotopic (exact) mass is 398 g/mol. The number of benzene rings is 1. The summed E-state index contributed by atoms with van der Waals surface area (Å²) in [7, 11) is 0. The largest absolute Gasteiger partial charge is 0.379 e. The van der Waals surface area contributed by atoms with Crippen molar-refractivity contribution in [1.29, 1.82) is 0 Å². The Bertz CT molecular complexity index is 804. The van der Waals surface area contributed by atoms with Crippen LogP contribution in [0.3, 0.4) is 0 Å². The molecule has 1 saturated heterocycles. The summed E-state index contributed by atoms with van der Waals surface area (Å²) in [6.07, 6.45) is 2.90. The Morgan fingerprint density at radius 3 is 2.38 bits per heavy atom. The van der Waals surface area contributed by atoms with Gasteiger partial charge in [-0.25, -0.2) is 0 Å². The number of hydrogen-bond donors (Lipinski definition) is 0. The molecule has 5 nitrogen and oxygen atoms in total. The third-order valence-corrected chi connectivity index (χ3v) is 6.02. The second kappa shape index (κ2) is 9.12. The first-order chi connectivity index (χ1) is 13.8. The number of hydrogen-bond acceptors (Lipinski definition) is 4. The third kappa shape index (κ3) is 4.72. The van der Waals surface area contributed by atoms with Gasteiger partial charge in [0.1, 0.15) is 5.70 Å². The van der Waals surface area contributed by atoms with Crippen LogP contribution in [-0.2, 0) is 14.3 Å². The van der Waals surface area contributed by atoms with Crippen molar-refractivity contribution < 1.29 is 14.3 Å². The molecule has 5 heteroatoms. The van der Waals surface area contributed by atoms with Crippen LogP contribution < -0.4 is 0 Å². The van der Waals surface area contributed by atoms with Crippen molar-refractivity contribution >= 4 is 17.4 Å². The van der Waals surface area contributed by atoms with E-state index in [2.05, 4.69) is 18.7 Å². The molecule has 2 amide bonds. The van der Waals surface area contributed by atoms with Gasteiger partial charge in [0.15, 0.2) is 0 Å². The minimum absolute atomic E-state index is 0.148. The zero-order chi connectivity index (χ0) is 21.1. The van der Waals surface area contributed by atoms with Crippen LogP contribution in [0.4, 0.5) is 0 Å². The average Bonchev–Trinajstić information content (AvgIpc) is 2.92. The quantitative estimate of drug-likeness (QED) is 0.516. The van der Waals surface area contributed by atoms with Gasteiger partial charge in [0.25, 0.3) is 11.8 Å². The van der Waals surface area contributed by atoms with Gasteiger partial charge in [-0.2, -0.15) is 0 Å². The van der Waals surface area contributed by atoms with Gasteiger partial charge >= 0.3 is 0 Å². The molecule has 0 spiro atoms. The Balaban J connectivity index is 1.90. The number of amides is 2. The molecule has 2 aliphatic heterocycles. The molecule has 2 heterocycles. The molecular weight excluding hydrogens is 364 g/mol. The summed E-state index contributed by atoms with van der Waals surface area (Å²) in [5.41, 5.74) is 4.32. The SMILES string of the molecule is Cc1ccc(C2=C(N3CCC(C)CC3)C(=O)N(CCCOC(C)C)C2=O)cc1C. The van der Waals surface area contributed by atoms with Crippen molar-refractivity contribution in [2.75, 3.05) is 26.2 Å². The van der Waals surface area contributed by atoms with Gasteiger partial charge in [-0.15, -0.1) is 0 Å². The molecule has 1 aromatic rings. The van der Waals surface area contributed by atoms with Crippen LogP contribution in [-0.4, -0.2) is 54.0 Å². The fraction of sp³-hybridized carbons (Fsp3) is 0.583. The molecule has 1 aromatic carbocycles. The Kier molecular flexibility index (Phi) is 6.78. The number of imide groups is 1. The maximum Gasteiger partial charge on any atom is 0.277 e. The van der Waals surface area contributed by atoms with Crippen LogP contribution in [0.2, 0.25) is 0 Å². The molecule has 0 bridgehead atoms. The van der Waals surface area contributed by atoms with Crippen molar-refractivity contribution in [3.63, 3.8) is 0 Å². The lowest BCUT2D eigenvalue weighted by molar-refractivity contribution is -0.137. The highest BCUT2D eigenvalue weighted by molar-refractivity contribution is 6.35. The number of rotatable bonds is 7. The summed E-state index contributed by atoms with van der Waals surface area (Å²) in [6.45, 7) is 12.9. The number of carbonyl (C=O) groups is 2. The maximum absolute atomic E-state index is 13.3. The summed E-state index contributed by atoms with van der Waals surface area (Å²) in [5.74, 6) is 0.340. The first kappa shape index (κ1) is 21.6.